The summed E-state index contributed by atoms with van der Waals surface area (Å²) in [5.41, 5.74) is -1.28. The highest BCUT2D eigenvalue weighted by molar-refractivity contribution is 14.1. The Morgan fingerprint density at radius 2 is 0.710 bits per heavy atom. The van der Waals surface area contributed by atoms with Crippen LogP contribution in [-0.2, 0) is 9.59 Å². The molecule has 28 heteroatoms. The molecule has 346 valence electrons. The molecule has 0 aliphatic rings. The van der Waals surface area contributed by atoms with Crippen LogP contribution in [-0.4, -0.2) is 190 Å². The third-order valence-corrected chi connectivity index (χ3v) is 14.6. The van der Waals surface area contributed by atoms with E-state index in [4.69, 9.17) is 0 Å². The largest absolute Gasteiger partial charge is 0.395 e. The number of amides is 6. The van der Waals surface area contributed by atoms with Gasteiger partial charge in [-0.05, 0) is 136 Å². The van der Waals surface area contributed by atoms with E-state index in [2.05, 4.69) is 21.3 Å². The molecule has 4 unspecified atom stereocenters. The Hall–Kier alpha value is -0.760. The van der Waals surface area contributed by atoms with Gasteiger partial charge in [-0.1, -0.05) is 0 Å². The van der Waals surface area contributed by atoms with Crippen LogP contribution in [0.1, 0.15) is 41.4 Å². The molecule has 2 aromatic carbocycles. The normalized spacial score (nSPS) is 13.1. The molecule has 14 N–H and O–H groups in total. The maximum Gasteiger partial charge on any atom is 0.259 e. The van der Waals surface area contributed by atoms with Crippen molar-refractivity contribution in [2.45, 2.75) is 24.4 Å². The van der Waals surface area contributed by atoms with Gasteiger partial charge in [0, 0.05) is 46.4 Å². The monoisotopic (exact) mass is 1550 g/mol. The second kappa shape index (κ2) is 27.8. The number of anilines is 2. The van der Waals surface area contributed by atoms with E-state index in [0.29, 0.717) is 0 Å². The number of hydrogen-bond donors (Lipinski definition) is 14. The summed E-state index contributed by atoms with van der Waals surface area (Å²) in [4.78, 5) is 84.1. The zero-order valence-corrected chi connectivity index (χ0v) is 44.8. The van der Waals surface area contributed by atoms with E-state index in [1.165, 1.54) is 0 Å². The number of carbonyl (C=O) groups is 6. The van der Waals surface area contributed by atoms with E-state index in [0.717, 1.165) is 9.80 Å². The number of nitrogens with zero attached hydrogens (tertiary/aromatic N) is 2. The molecule has 2 rings (SSSR count). The molecule has 0 heterocycles. The number of aliphatic hydroxyl groups is 10. The zero-order chi connectivity index (χ0) is 47.2. The molecular formula is C34H42I6N6O16. The minimum atomic E-state index is -2.67. The first kappa shape index (κ1) is 57.4. The number of hydrogen-bond acceptors (Lipinski definition) is 16. The van der Waals surface area contributed by atoms with Gasteiger partial charge in [0.2, 0.25) is 0 Å². The molecule has 6 amide bonds. The lowest BCUT2D eigenvalue weighted by atomic mass is 10.0. The minimum Gasteiger partial charge on any atom is -0.395 e. The van der Waals surface area contributed by atoms with E-state index in [9.17, 15) is 79.8 Å². The fourth-order valence-electron chi connectivity index (χ4n) is 5.27. The summed E-state index contributed by atoms with van der Waals surface area (Å²) in [6, 6.07) is 0. The lowest BCUT2D eigenvalue weighted by molar-refractivity contribution is -0.143. The molecule has 0 saturated carbocycles. The van der Waals surface area contributed by atoms with Crippen LogP contribution in [0.5, 0.6) is 0 Å². The highest BCUT2D eigenvalue weighted by Gasteiger charge is 2.41. The van der Waals surface area contributed by atoms with Gasteiger partial charge < -0.3 is 82.1 Å². The quantitative estimate of drug-likeness (QED) is 0.0493. The number of nitrogens with one attached hydrogen (secondary N) is 4. The molecule has 2 aromatic rings. The lowest BCUT2D eigenvalue weighted by Gasteiger charge is -2.32. The van der Waals surface area contributed by atoms with Crippen molar-refractivity contribution in [3.8, 4) is 0 Å². The highest BCUT2D eigenvalue weighted by atomic mass is 127. The average Bonchev–Trinajstić information content (AvgIpc) is 3.23. The summed E-state index contributed by atoms with van der Waals surface area (Å²) in [5.74, 6) is -6.24. The van der Waals surface area contributed by atoms with Crippen LogP contribution in [0.25, 0.3) is 0 Å². The Bertz CT molecular complexity index is 1850. The maximum absolute atomic E-state index is 14.3. The van der Waals surface area contributed by atoms with Crippen LogP contribution in [0, 0.1) is 21.4 Å². The first-order chi connectivity index (χ1) is 29.2. The molecule has 0 aliphatic heterocycles. The Kier molecular flexibility index (Phi) is 25.7. The third-order valence-electron chi connectivity index (χ3n) is 8.23. The van der Waals surface area contributed by atoms with Crippen molar-refractivity contribution in [1.29, 1.82) is 0 Å². The van der Waals surface area contributed by atoms with E-state index < -0.39 is 126 Å². The van der Waals surface area contributed by atoms with Crippen LogP contribution < -0.4 is 31.1 Å². The maximum atomic E-state index is 14.3. The van der Waals surface area contributed by atoms with Gasteiger partial charge in [-0.2, -0.15) is 0 Å². The van der Waals surface area contributed by atoms with Gasteiger partial charge in [-0.15, -0.1) is 0 Å². The first-order valence-corrected chi connectivity index (χ1v) is 24.2. The molecule has 0 radical (unpaired) electrons. The van der Waals surface area contributed by atoms with Crippen molar-refractivity contribution < 1.29 is 79.8 Å². The summed E-state index contributed by atoms with van der Waals surface area (Å²) in [7, 11) is 0. The standard InChI is InChI=1S/C34H42I6N6O16/c35-19-15(29(57)41-1-5-47)21(37)25(23(39)17(19)31(59)43-9-13(53)11-51)45(3-7-49)33(61)27(55)28(56)34(62)46(4-8-50)26-22(38)16(30(58)42-2-6-48)20(36)18(24(26)40)32(60)44-10-14(54)12-52/h13-14,27-28,47-56H,1-12H2,(H,41,57)(H,42,58)(H,43,59)(H,44,60). The molecule has 0 aliphatic carbocycles. The van der Waals surface area contributed by atoms with Gasteiger partial charge in [0.25, 0.3) is 35.4 Å². The van der Waals surface area contributed by atoms with Crippen molar-refractivity contribution >= 4 is 182 Å². The zero-order valence-electron chi connectivity index (χ0n) is 31.9. The molecule has 0 bridgehead atoms. The van der Waals surface area contributed by atoms with Gasteiger partial charge in [0.1, 0.15) is 0 Å². The highest BCUT2D eigenvalue weighted by Crippen LogP contribution is 2.40. The fourth-order valence-corrected chi connectivity index (χ4v) is 14.7. The van der Waals surface area contributed by atoms with E-state index in [1.54, 1.807) is 136 Å². The number of benzene rings is 2. The van der Waals surface area contributed by atoms with Crippen LogP contribution in [0.4, 0.5) is 11.4 Å². The van der Waals surface area contributed by atoms with E-state index in [1.807, 2.05) is 0 Å². The number of aliphatic hydroxyl groups excluding tert-OH is 10. The fraction of sp³-hybridized carbons (Fsp3) is 0.471. The lowest BCUT2D eigenvalue weighted by Crippen LogP contribution is -2.54. The Morgan fingerprint density at radius 3 is 0.952 bits per heavy atom. The van der Waals surface area contributed by atoms with Crippen molar-refractivity contribution in [3.63, 3.8) is 0 Å². The van der Waals surface area contributed by atoms with Gasteiger partial charge in [-0.25, -0.2) is 0 Å². The van der Waals surface area contributed by atoms with Crippen LogP contribution in [0.3, 0.4) is 0 Å². The molecule has 22 nitrogen and oxygen atoms in total. The van der Waals surface area contributed by atoms with Gasteiger partial charge >= 0.3 is 0 Å². The molecule has 4 atom stereocenters. The predicted molar refractivity (Wildman–Crippen MR) is 270 cm³/mol. The van der Waals surface area contributed by atoms with Crippen LogP contribution in [0.15, 0.2) is 0 Å². The van der Waals surface area contributed by atoms with Crippen molar-refractivity contribution in [2.75, 3.05) is 88.7 Å². The smallest absolute Gasteiger partial charge is 0.259 e. The average molecular weight is 1550 g/mol. The number of rotatable bonds is 23. The predicted octanol–water partition coefficient (Wildman–Crippen LogP) is -3.00. The van der Waals surface area contributed by atoms with Gasteiger partial charge in [0.05, 0.1) is 99.8 Å². The summed E-state index contributed by atoms with van der Waals surface area (Å²) < 4.78 is 0.000185. The van der Waals surface area contributed by atoms with Crippen molar-refractivity contribution in [2.24, 2.45) is 0 Å². The number of halogens is 6. The second-order valence-electron chi connectivity index (χ2n) is 12.4. The molecule has 0 saturated heterocycles. The Morgan fingerprint density at radius 1 is 0.435 bits per heavy atom. The topological polar surface area (TPSA) is 359 Å². The second-order valence-corrected chi connectivity index (χ2v) is 18.9. The number of carbonyl (C=O) groups excluding carboxylic acids is 6. The molecule has 0 spiro atoms. The molecular weight excluding hydrogens is 1510 g/mol. The molecule has 0 aromatic heterocycles. The summed E-state index contributed by atoms with van der Waals surface area (Å²) in [5, 5.41) is 110. The Labute approximate surface area is 435 Å². The summed E-state index contributed by atoms with van der Waals surface area (Å²) >= 11 is 10.1. The first-order valence-electron chi connectivity index (χ1n) is 17.8. The summed E-state index contributed by atoms with van der Waals surface area (Å²) in [6.45, 7) is -6.54. The van der Waals surface area contributed by atoms with E-state index in [-0.39, 0.29) is 68.1 Å². The third kappa shape index (κ3) is 14.1. The molecule has 0 fully saturated rings. The Balaban J connectivity index is 2.87. The van der Waals surface area contributed by atoms with Gasteiger partial charge in [0.15, 0.2) is 12.2 Å². The minimum absolute atomic E-state index is 0.0113. The van der Waals surface area contributed by atoms with Crippen molar-refractivity contribution in [1.82, 2.24) is 21.3 Å². The summed E-state index contributed by atoms with van der Waals surface area (Å²) in [6.07, 6.45) is -8.07. The van der Waals surface area contributed by atoms with Crippen molar-refractivity contribution in [3.05, 3.63) is 43.7 Å². The van der Waals surface area contributed by atoms with Crippen LogP contribution >= 0.6 is 136 Å². The van der Waals surface area contributed by atoms with E-state index >= 15 is 0 Å². The van der Waals surface area contributed by atoms with Gasteiger partial charge in [-0.3, -0.25) is 28.8 Å². The van der Waals surface area contributed by atoms with Crippen LogP contribution in [0.2, 0.25) is 0 Å². The SMILES string of the molecule is O=C(NCCO)c1c(I)c(C(=O)NCC(O)CO)c(I)c(N(CCO)C(=O)C(O)C(O)C(=O)N(CCO)c2c(I)c(C(=O)NCCO)c(I)c(C(=O)NCC(O)CO)c2I)c1I. The molecule has 62 heavy (non-hydrogen) atoms.